The van der Waals surface area contributed by atoms with Gasteiger partial charge in [0.1, 0.15) is 6.61 Å². The minimum atomic E-state index is -3.19. The second-order valence-electron chi connectivity index (χ2n) is 3.00. The van der Waals surface area contributed by atoms with Crippen LogP contribution in [0.25, 0.3) is 0 Å². The molecule has 0 spiro atoms. The molecule has 7 heteroatoms. The molecule has 0 aliphatic heterocycles. The van der Waals surface area contributed by atoms with Gasteiger partial charge in [0.2, 0.25) is 4.38 Å². The van der Waals surface area contributed by atoms with E-state index < -0.39 is 9.84 Å². The van der Waals surface area contributed by atoms with Crippen molar-refractivity contribution in [1.82, 2.24) is 4.98 Å². The Morgan fingerprint density at radius 2 is 2.25 bits per heavy atom. The average Bonchev–Trinajstić information content (AvgIpc) is 2.25. The van der Waals surface area contributed by atoms with Gasteiger partial charge in [-0.3, -0.25) is 4.98 Å². The molecule has 0 saturated carbocycles. The predicted molar refractivity (Wildman–Crippen MR) is 68.2 cm³/mol. The monoisotopic (exact) mass is 277 g/mol. The SMILES string of the molecule is CSC(=S)OCc1ccc(S(C)(=O)=O)cn1. The third-order valence-corrected chi connectivity index (χ3v) is 3.90. The second kappa shape index (κ2) is 5.60. The van der Waals surface area contributed by atoms with Crippen molar-refractivity contribution in [3.05, 3.63) is 24.0 Å². The molecule has 0 saturated heterocycles. The summed E-state index contributed by atoms with van der Waals surface area (Å²) in [6.07, 6.45) is 4.28. The fourth-order valence-electron chi connectivity index (χ4n) is 0.907. The van der Waals surface area contributed by atoms with Gasteiger partial charge in [0.25, 0.3) is 0 Å². The zero-order valence-corrected chi connectivity index (χ0v) is 11.3. The number of hydrogen-bond donors (Lipinski definition) is 0. The summed E-state index contributed by atoms with van der Waals surface area (Å²) in [7, 11) is -3.19. The van der Waals surface area contributed by atoms with Crippen LogP contribution in [-0.2, 0) is 21.2 Å². The van der Waals surface area contributed by atoms with Crippen molar-refractivity contribution in [2.75, 3.05) is 12.5 Å². The van der Waals surface area contributed by atoms with Gasteiger partial charge < -0.3 is 4.74 Å². The summed E-state index contributed by atoms with van der Waals surface area (Å²) >= 11 is 6.19. The van der Waals surface area contributed by atoms with Gasteiger partial charge in [0.15, 0.2) is 9.84 Å². The molecule has 0 amide bonds. The van der Waals surface area contributed by atoms with Crippen molar-refractivity contribution in [1.29, 1.82) is 0 Å². The molecule has 88 valence electrons. The van der Waals surface area contributed by atoms with Gasteiger partial charge in [-0.25, -0.2) is 8.42 Å². The van der Waals surface area contributed by atoms with Crippen LogP contribution in [0.1, 0.15) is 5.69 Å². The molecule has 1 aromatic rings. The first-order valence-corrected chi connectivity index (χ1v) is 7.81. The molecule has 0 bridgehead atoms. The smallest absolute Gasteiger partial charge is 0.220 e. The summed E-state index contributed by atoms with van der Waals surface area (Å²) < 4.78 is 27.9. The van der Waals surface area contributed by atoms with Crippen molar-refractivity contribution in [2.24, 2.45) is 0 Å². The van der Waals surface area contributed by atoms with E-state index in [0.29, 0.717) is 10.1 Å². The fourth-order valence-corrected chi connectivity index (χ4v) is 1.70. The van der Waals surface area contributed by atoms with Crippen LogP contribution in [0.2, 0.25) is 0 Å². The largest absolute Gasteiger partial charge is 0.472 e. The minimum Gasteiger partial charge on any atom is -0.472 e. The highest BCUT2D eigenvalue weighted by molar-refractivity contribution is 8.22. The number of thioether (sulfide) groups is 1. The summed E-state index contributed by atoms with van der Waals surface area (Å²) in [6, 6.07) is 3.11. The standard InChI is InChI=1S/C9H11NO3S3/c1-15-9(14)13-6-7-3-4-8(5-10-7)16(2,11)12/h3-5H,6H2,1-2H3. The molecule has 0 fully saturated rings. The molecule has 0 aliphatic carbocycles. The van der Waals surface area contributed by atoms with Gasteiger partial charge in [0.05, 0.1) is 10.6 Å². The van der Waals surface area contributed by atoms with Crippen LogP contribution in [-0.4, -0.2) is 30.3 Å². The molecule has 16 heavy (non-hydrogen) atoms. The summed E-state index contributed by atoms with van der Waals surface area (Å²) in [6.45, 7) is 0.254. The summed E-state index contributed by atoms with van der Waals surface area (Å²) in [5.41, 5.74) is 0.642. The molecular weight excluding hydrogens is 266 g/mol. The lowest BCUT2D eigenvalue weighted by atomic mass is 10.4. The quantitative estimate of drug-likeness (QED) is 0.783. The summed E-state index contributed by atoms with van der Waals surface area (Å²) in [5, 5.41) is 0. The number of nitrogens with zero attached hydrogens (tertiary/aromatic N) is 1. The highest BCUT2D eigenvalue weighted by Gasteiger charge is 2.07. The highest BCUT2D eigenvalue weighted by Crippen LogP contribution is 2.09. The lowest BCUT2D eigenvalue weighted by Gasteiger charge is -2.04. The molecule has 0 N–H and O–H groups in total. The van der Waals surface area contributed by atoms with Crippen LogP contribution in [0.15, 0.2) is 23.2 Å². The maximum Gasteiger partial charge on any atom is 0.220 e. The Labute approximate surface area is 104 Å². The molecule has 4 nitrogen and oxygen atoms in total. The van der Waals surface area contributed by atoms with E-state index in [1.807, 2.05) is 6.26 Å². The van der Waals surface area contributed by atoms with Gasteiger partial charge >= 0.3 is 0 Å². The van der Waals surface area contributed by atoms with Gasteiger partial charge in [-0.2, -0.15) is 0 Å². The number of aromatic nitrogens is 1. The van der Waals surface area contributed by atoms with E-state index in [-0.39, 0.29) is 11.5 Å². The van der Waals surface area contributed by atoms with E-state index >= 15 is 0 Å². The molecule has 0 aromatic carbocycles. The third kappa shape index (κ3) is 4.07. The van der Waals surface area contributed by atoms with E-state index in [0.717, 1.165) is 6.26 Å². The lowest BCUT2D eigenvalue weighted by Crippen LogP contribution is -2.02. The maximum atomic E-state index is 11.2. The van der Waals surface area contributed by atoms with Crippen LogP contribution in [0, 0.1) is 0 Å². The van der Waals surface area contributed by atoms with Crippen LogP contribution in [0.4, 0.5) is 0 Å². The minimum absolute atomic E-state index is 0.198. The number of ether oxygens (including phenoxy) is 1. The van der Waals surface area contributed by atoms with Crippen LogP contribution >= 0.6 is 24.0 Å². The predicted octanol–water partition coefficient (Wildman–Crippen LogP) is 1.65. The maximum absolute atomic E-state index is 11.2. The van der Waals surface area contributed by atoms with Crippen molar-refractivity contribution in [2.45, 2.75) is 11.5 Å². The van der Waals surface area contributed by atoms with E-state index in [1.54, 1.807) is 6.07 Å². The number of pyridine rings is 1. The van der Waals surface area contributed by atoms with Crippen LogP contribution < -0.4 is 0 Å². The normalized spacial score (nSPS) is 11.1. The first-order chi connectivity index (χ1) is 7.43. The molecule has 0 radical (unpaired) electrons. The Kier molecular flexibility index (Phi) is 4.69. The van der Waals surface area contributed by atoms with E-state index in [1.165, 1.54) is 24.0 Å². The Morgan fingerprint density at radius 1 is 1.56 bits per heavy atom. The van der Waals surface area contributed by atoms with Gasteiger partial charge in [0, 0.05) is 12.5 Å². The molecule has 0 atom stereocenters. The summed E-state index contributed by atoms with van der Waals surface area (Å²) in [5.74, 6) is 0. The first-order valence-electron chi connectivity index (χ1n) is 4.29. The number of thiocarbonyl (C=S) groups is 1. The van der Waals surface area contributed by atoms with Crippen molar-refractivity contribution >= 4 is 38.2 Å². The Morgan fingerprint density at radius 3 is 2.69 bits per heavy atom. The van der Waals surface area contributed by atoms with Crippen molar-refractivity contribution in [3.8, 4) is 0 Å². The second-order valence-corrected chi connectivity index (χ2v) is 6.42. The Balaban J connectivity index is 2.69. The Bertz CT molecular complexity index is 467. The molecular formula is C9H11NO3S3. The zero-order chi connectivity index (χ0) is 12.2. The third-order valence-electron chi connectivity index (χ3n) is 1.73. The molecule has 0 unspecified atom stereocenters. The van der Waals surface area contributed by atoms with Gasteiger partial charge in [-0.05, 0) is 30.6 Å². The first kappa shape index (κ1) is 13.4. The Hall–Kier alpha value is -0.660. The van der Waals surface area contributed by atoms with E-state index in [4.69, 9.17) is 17.0 Å². The topological polar surface area (TPSA) is 56.3 Å². The molecule has 1 heterocycles. The number of sulfone groups is 1. The molecule has 1 aromatic heterocycles. The fraction of sp³-hybridized carbons (Fsp3) is 0.333. The van der Waals surface area contributed by atoms with Crippen molar-refractivity contribution in [3.63, 3.8) is 0 Å². The summed E-state index contributed by atoms with van der Waals surface area (Å²) in [4.78, 5) is 4.18. The zero-order valence-electron chi connectivity index (χ0n) is 8.84. The number of hydrogen-bond acceptors (Lipinski definition) is 6. The van der Waals surface area contributed by atoms with E-state index in [2.05, 4.69) is 4.98 Å². The van der Waals surface area contributed by atoms with E-state index in [9.17, 15) is 8.42 Å². The highest BCUT2D eigenvalue weighted by atomic mass is 32.2. The number of rotatable bonds is 3. The molecule has 0 aliphatic rings. The average molecular weight is 277 g/mol. The molecule has 1 rings (SSSR count). The van der Waals surface area contributed by atoms with Crippen LogP contribution in [0.5, 0.6) is 0 Å². The van der Waals surface area contributed by atoms with Crippen molar-refractivity contribution < 1.29 is 13.2 Å². The van der Waals surface area contributed by atoms with Crippen LogP contribution in [0.3, 0.4) is 0 Å². The lowest BCUT2D eigenvalue weighted by molar-refractivity contribution is 0.305. The van der Waals surface area contributed by atoms with Gasteiger partial charge in [-0.15, -0.1) is 0 Å². The van der Waals surface area contributed by atoms with Gasteiger partial charge in [-0.1, -0.05) is 11.8 Å².